The van der Waals surface area contributed by atoms with Crippen LogP contribution in [0.4, 0.5) is 4.39 Å². The summed E-state index contributed by atoms with van der Waals surface area (Å²) in [4.78, 5) is 6.24. The van der Waals surface area contributed by atoms with Gasteiger partial charge in [0.2, 0.25) is 10.0 Å². The van der Waals surface area contributed by atoms with E-state index < -0.39 is 10.0 Å². The fraction of sp³-hybridized carbons (Fsp3) is 0.316. The van der Waals surface area contributed by atoms with Crippen molar-refractivity contribution in [2.75, 3.05) is 27.2 Å². The number of aliphatic imine (C=N–C) groups is 1. The highest BCUT2D eigenvalue weighted by molar-refractivity contribution is 7.89. The Balaban J connectivity index is 1.84. The van der Waals surface area contributed by atoms with E-state index in [2.05, 4.69) is 15.0 Å². The Labute approximate surface area is 160 Å². The average Bonchev–Trinajstić information content (AvgIpc) is 2.62. The van der Waals surface area contributed by atoms with Gasteiger partial charge in [0.15, 0.2) is 5.96 Å². The van der Waals surface area contributed by atoms with Crippen molar-refractivity contribution >= 4 is 16.0 Å². The summed E-state index contributed by atoms with van der Waals surface area (Å²) in [5.41, 5.74) is 1.82. The van der Waals surface area contributed by atoms with Gasteiger partial charge in [0.05, 0.1) is 4.90 Å². The maximum Gasteiger partial charge on any atom is 0.240 e. The highest BCUT2D eigenvalue weighted by Gasteiger charge is 2.13. The van der Waals surface area contributed by atoms with E-state index in [9.17, 15) is 12.8 Å². The standard InChI is InChI=1S/C19H25FN4O2S/c1-15-7-9-18(10-8-15)27(25,26)23-12-11-22-19(21-2)24(3)14-16-5-4-6-17(20)13-16/h4-10,13,23H,11-12,14H2,1-3H3,(H,21,22). The molecule has 0 unspecified atom stereocenters. The van der Waals surface area contributed by atoms with E-state index in [1.165, 1.54) is 12.1 Å². The van der Waals surface area contributed by atoms with Gasteiger partial charge in [-0.05, 0) is 36.8 Å². The van der Waals surface area contributed by atoms with Gasteiger partial charge in [-0.1, -0.05) is 29.8 Å². The van der Waals surface area contributed by atoms with E-state index in [-0.39, 0.29) is 17.3 Å². The van der Waals surface area contributed by atoms with E-state index >= 15 is 0 Å². The first kappa shape index (κ1) is 20.9. The zero-order chi connectivity index (χ0) is 19.9. The van der Waals surface area contributed by atoms with Gasteiger partial charge in [0.25, 0.3) is 0 Å². The van der Waals surface area contributed by atoms with Gasteiger partial charge in [-0.2, -0.15) is 0 Å². The fourth-order valence-electron chi connectivity index (χ4n) is 2.53. The van der Waals surface area contributed by atoms with Gasteiger partial charge in [-0.3, -0.25) is 4.99 Å². The smallest absolute Gasteiger partial charge is 0.240 e. The number of guanidine groups is 1. The molecule has 0 spiro atoms. The summed E-state index contributed by atoms with van der Waals surface area (Å²) < 4.78 is 40.3. The van der Waals surface area contributed by atoms with E-state index in [1.54, 1.807) is 37.4 Å². The van der Waals surface area contributed by atoms with Gasteiger partial charge in [-0.15, -0.1) is 0 Å². The molecule has 2 aromatic carbocycles. The maximum absolute atomic E-state index is 13.3. The van der Waals surface area contributed by atoms with Gasteiger partial charge < -0.3 is 10.2 Å². The molecule has 0 aliphatic carbocycles. The molecule has 2 aromatic rings. The van der Waals surface area contributed by atoms with Gasteiger partial charge in [-0.25, -0.2) is 17.5 Å². The highest BCUT2D eigenvalue weighted by atomic mass is 32.2. The predicted octanol–water partition coefficient (Wildman–Crippen LogP) is 2.12. The zero-order valence-corrected chi connectivity index (χ0v) is 16.6. The number of rotatable bonds is 7. The van der Waals surface area contributed by atoms with Crippen molar-refractivity contribution in [2.45, 2.75) is 18.4 Å². The van der Waals surface area contributed by atoms with Crippen LogP contribution in [0.2, 0.25) is 0 Å². The second-order valence-electron chi connectivity index (χ2n) is 6.17. The number of aryl methyl sites for hydroxylation is 1. The Morgan fingerprint density at radius 2 is 1.85 bits per heavy atom. The summed E-state index contributed by atoms with van der Waals surface area (Å²) in [6.45, 7) is 2.96. The molecule has 8 heteroatoms. The van der Waals surface area contributed by atoms with Crippen LogP contribution in [0, 0.1) is 12.7 Å². The molecular weight excluding hydrogens is 367 g/mol. The Morgan fingerprint density at radius 3 is 2.48 bits per heavy atom. The van der Waals surface area contributed by atoms with Crippen LogP contribution in [-0.4, -0.2) is 46.5 Å². The molecule has 0 radical (unpaired) electrons. The minimum absolute atomic E-state index is 0.211. The molecule has 2 N–H and O–H groups in total. The Morgan fingerprint density at radius 1 is 1.15 bits per heavy atom. The number of hydrogen-bond donors (Lipinski definition) is 2. The van der Waals surface area contributed by atoms with Crippen LogP contribution in [0.25, 0.3) is 0 Å². The zero-order valence-electron chi connectivity index (χ0n) is 15.7. The third-order valence-corrected chi connectivity index (χ3v) is 5.39. The number of nitrogens with zero attached hydrogens (tertiary/aromatic N) is 2. The Bertz CT molecular complexity index is 883. The third kappa shape index (κ3) is 6.33. The number of sulfonamides is 1. The topological polar surface area (TPSA) is 73.8 Å². The van der Waals surface area contributed by atoms with Gasteiger partial charge >= 0.3 is 0 Å². The van der Waals surface area contributed by atoms with Crippen molar-refractivity contribution < 1.29 is 12.8 Å². The summed E-state index contributed by atoms with van der Waals surface area (Å²) in [7, 11) is -0.0706. The van der Waals surface area contributed by atoms with Crippen LogP contribution in [-0.2, 0) is 16.6 Å². The molecule has 146 valence electrons. The normalized spacial score (nSPS) is 12.1. The molecule has 0 aromatic heterocycles. The van der Waals surface area contributed by atoms with Crippen molar-refractivity contribution in [1.29, 1.82) is 0 Å². The summed E-state index contributed by atoms with van der Waals surface area (Å²) in [6.07, 6.45) is 0. The molecule has 0 saturated heterocycles. The molecule has 0 bridgehead atoms. The minimum Gasteiger partial charge on any atom is -0.355 e. The van der Waals surface area contributed by atoms with E-state index in [0.717, 1.165) is 11.1 Å². The van der Waals surface area contributed by atoms with Crippen molar-refractivity contribution in [1.82, 2.24) is 14.9 Å². The van der Waals surface area contributed by atoms with Crippen molar-refractivity contribution in [3.63, 3.8) is 0 Å². The van der Waals surface area contributed by atoms with Crippen LogP contribution >= 0.6 is 0 Å². The van der Waals surface area contributed by atoms with Crippen LogP contribution < -0.4 is 10.0 Å². The number of hydrogen-bond acceptors (Lipinski definition) is 3. The summed E-state index contributed by atoms with van der Waals surface area (Å²) in [6, 6.07) is 13.0. The maximum atomic E-state index is 13.3. The lowest BCUT2D eigenvalue weighted by Crippen LogP contribution is -2.42. The predicted molar refractivity (Wildman–Crippen MR) is 106 cm³/mol. The summed E-state index contributed by atoms with van der Waals surface area (Å²) in [5.74, 6) is 0.308. The van der Waals surface area contributed by atoms with Crippen molar-refractivity contribution in [3.8, 4) is 0 Å². The van der Waals surface area contributed by atoms with Crippen molar-refractivity contribution in [2.24, 2.45) is 4.99 Å². The lowest BCUT2D eigenvalue weighted by atomic mass is 10.2. The molecule has 0 atom stereocenters. The summed E-state index contributed by atoms with van der Waals surface area (Å²) >= 11 is 0. The molecule has 27 heavy (non-hydrogen) atoms. The van der Waals surface area contributed by atoms with Crippen LogP contribution in [0.5, 0.6) is 0 Å². The van der Waals surface area contributed by atoms with E-state index in [1.807, 2.05) is 24.9 Å². The first-order chi connectivity index (χ1) is 12.8. The quantitative estimate of drug-likeness (QED) is 0.430. The third-order valence-electron chi connectivity index (χ3n) is 3.91. The SMILES string of the molecule is CN=C(NCCNS(=O)(=O)c1ccc(C)cc1)N(C)Cc1cccc(F)c1. The summed E-state index contributed by atoms with van der Waals surface area (Å²) in [5, 5.41) is 3.09. The molecule has 0 saturated carbocycles. The molecular formula is C19H25FN4O2S. The van der Waals surface area contributed by atoms with Crippen LogP contribution in [0.1, 0.15) is 11.1 Å². The van der Waals surface area contributed by atoms with Crippen LogP contribution in [0.3, 0.4) is 0 Å². The minimum atomic E-state index is -3.54. The molecule has 2 rings (SSSR count). The molecule has 0 aliphatic rings. The first-order valence-electron chi connectivity index (χ1n) is 8.54. The van der Waals surface area contributed by atoms with E-state index in [4.69, 9.17) is 0 Å². The average molecular weight is 393 g/mol. The molecule has 0 amide bonds. The number of nitrogens with one attached hydrogen (secondary N) is 2. The Hall–Kier alpha value is -2.45. The second-order valence-corrected chi connectivity index (χ2v) is 7.94. The molecule has 6 nitrogen and oxygen atoms in total. The largest absolute Gasteiger partial charge is 0.355 e. The van der Waals surface area contributed by atoms with Crippen molar-refractivity contribution in [3.05, 3.63) is 65.5 Å². The molecule has 0 fully saturated rings. The Kier molecular flexibility index (Phi) is 7.32. The fourth-order valence-corrected chi connectivity index (χ4v) is 3.56. The molecule has 0 heterocycles. The van der Waals surface area contributed by atoms with Gasteiger partial charge in [0, 0.05) is 33.7 Å². The monoisotopic (exact) mass is 392 g/mol. The van der Waals surface area contributed by atoms with Gasteiger partial charge in [0.1, 0.15) is 5.82 Å². The molecule has 0 aliphatic heterocycles. The second kappa shape index (κ2) is 9.48. The lowest BCUT2D eigenvalue weighted by Gasteiger charge is -2.22. The number of halogens is 1. The van der Waals surface area contributed by atoms with E-state index in [0.29, 0.717) is 19.0 Å². The number of benzene rings is 2. The first-order valence-corrected chi connectivity index (χ1v) is 10.0. The highest BCUT2D eigenvalue weighted by Crippen LogP contribution is 2.09. The van der Waals surface area contributed by atoms with Crippen LogP contribution in [0.15, 0.2) is 58.4 Å². The lowest BCUT2D eigenvalue weighted by molar-refractivity contribution is 0.475.